The summed E-state index contributed by atoms with van der Waals surface area (Å²) >= 11 is 0. The molecule has 0 aromatic heterocycles. The number of rotatable bonds is 3. The van der Waals surface area contributed by atoms with E-state index in [1.807, 2.05) is 54.6 Å². The van der Waals surface area contributed by atoms with E-state index in [2.05, 4.69) is 29.6 Å². The smallest absolute Gasteiger partial charge is 0.0393 e. The Balaban J connectivity index is 1.83. The quantitative estimate of drug-likeness (QED) is 0.671. The van der Waals surface area contributed by atoms with E-state index in [1.54, 1.807) is 0 Å². The topological polar surface area (TPSA) is 38.0 Å². The molecule has 3 aromatic carbocycles. The summed E-state index contributed by atoms with van der Waals surface area (Å²) in [5, 5.41) is 3.37. The molecule has 0 fully saturated rings. The molecule has 0 bridgehead atoms. The standard InChI is InChI=1S/C18H16N2/c19-18-9-5-4-8-17(18)14-10-12-16(13-11-14)20-15-6-2-1-3-7-15/h1-13,20H,19H2. The number of nitrogens with two attached hydrogens (primary N) is 1. The average Bonchev–Trinajstić information content (AvgIpc) is 2.50. The van der Waals surface area contributed by atoms with E-state index in [9.17, 15) is 0 Å². The predicted octanol–water partition coefficient (Wildman–Crippen LogP) is 4.68. The molecule has 2 heteroatoms. The third kappa shape index (κ3) is 2.64. The molecule has 98 valence electrons. The zero-order chi connectivity index (χ0) is 13.8. The van der Waals surface area contributed by atoms with Crippen LogP contribution in [0, 0.1) is 0 Å². The van der Waals surface area contributed by atoms with Crippen LogP contribution >= 0.6 is 0 Å². The Morgan fingerprint density at radius 1 is 0.600 bits per heavy atom. The van der Waals surface area contributed by atoms with Gasteiger partial charge in [0.05, 0.1) is 0 Å². The van der Waals surface area contributed by atoms with Gasteiger partial charge in [-0.3, -0.25) is 0 Å². The largest absolute Gasteiger partial charge is 0.398 e. The van der Waals surface area contributed by atoms with Crippen molar-refractivity contribution >= 4 is 17.1 Å². The van der Waals surface area contributed by atoms with Crippen molar-refractivity contribution in [2.75, 3.05) is 11.1 Å². The number of hydrogen-bond acceptors (Lipinski definition) is 2. The van der Waals surface area contributed by atoms with Crippen molar-refractivity contribution in [2.24, 2.45) is 0 Å². The molecule has 0 aliphatic heterocycles. The predicted molar refractivity (Wildman–Crippen MR) is 86.0 cm³/mol. The Kier molecular flexibility index (Phi) is 3.38. The van der Waals surface area contributed by atoms with Crippen LogP contribution in [0.3, 0.4) is 0 Å². The Morgan fingerprint density at radius 2 is 1.20 bits per heavy atom. The number of nitrogens with one attached hydrogen (secondary N) is 1. The Morgan fingerprint density at radius 3 is 1.90 bits per heavy atom. The second kappa shape index (κ2) is 5.49. The average molecular weight is 260 g/mol. The molecule has 0 amide bonds. The monoisotopic (exact) mass is 260 g/mol. The maximum Gasteiger partial charge on any atom is 0.0393 e. The third-order valence-corrected chi connectivity index (χ3v) is 3.22. The first-order valence-corrected chi connectivity index (χ1v) is 6.60. The van der Waals surface area contributed by atoms with Gasteiger partial charge in [-0.05, 0) is 35.9 Å². The van der Waals surface area contributed by atoms with Crippen LogP contribution in [0.2, 0.25) is 0 Å². The molecule has 3 aromatic rings. The van der Waals surface area contributed by atoms with E-state index in [1.165, 1.54) is 0 Å². The van der Waals surface area contributed by atoms with E-state index in [4.69, 9.17) is 5.73 Å². The zero-order valence-corrected chi connectivity index (χ0v) is 11.1. The maximum atomic E-state index is 6.00. The fraction of sp³-hybridized carbons (Fsp3) is 0. The van der Waals surface area contributed by atoms with Crippen LogP contribution in [0.4, 0.5) is 17.1 Å². The first-order valence-electron chi connectivity index (χ1n) is 6.60. The molecule has 0 radical (unpaired) electrons. The van der Waals surface area contributed by atoms with Gasteiger partial charge in [0, 0.05) is 22.6 Å². The zero-order valence-electron chi connectivity index (χ0n) is 11.1. The normalized spacial score (nSPS) is 10.2. The van der Waals surface area contributed by atoms with Crippen molar-refractivity contribution in [1.82, 2.24) is 0 Å². The Hall–Kier alpha value is -2.74. The Bertz CT molecular complexity index is 688. The Labute approximate surface area is 118 Å². The first-order chi connectivity index (χ1) is 9.83. The number of benzene rings is 3. The molecule has 3 rings (SSSR count). The summed E-state index contributed by atoms with van der Waals surface area (Å²) in [6, 6.07) is 26.3. The van der Waals surface area contributed by atoms with Crippen molar-refractivity contribution in [3.05, 3.63) is 78.9 Å². The van der Waals surface area contributed by atoms with Crippen LogP contribution in [-0.2, 0) is 0 Å². The van der Waals surface area contributed by atoms with Crippen LogP contribution in [0.15, 0.2) is 78.9 Å². The van der Waals surface area contributed by atoms with Gasteiger partial charge in [-0.25, -0.2) is 0 Å². The lowest BCUT2D eigenvalue weighted by atomic mass is 10.0. The third-order valence-electron chi connectivity index (χ3n) is 3.22. The molecule has 0 saturated heterocycles. The molecule has 0 heterocycles. The van der Waals surface area contributed by atoms with Crippen LogP contribution < -0.4 is 11.1 Å². The number of anilines is 3. The van der Waals surface area contributed by atoms with Crippen molar-refractivity contribution < 1.29 is 0 Å². The van der Waals surface area contributed by atoms with E-state index in [0.29, 0.717) is 0 Å². The van der Waals surface area contributed by atoms with Crippen LogP contribution in [0.25, 0.3) is 11.1 Å². The fourth-order valence-corrected chi connectivity index (χ4v) is 2.18. The van der Waals surface area contributed by atoms with Crippen molar-refractivity contribution in [2.45, 2.75) is 0 Å². The van der Waals surface area contributed by atoms with Gasteiger partial charge in [-0.1, -0.05) is 48.5 Å². The molecule has 0 aliphatic carbocycles. The highest BCUT2D eigenvalue weighted by atomic mass is 14.9. The lowest BCUT2D eigenvalue weighted by Crippen LogP contribution is -1.91. The van der Waals surface area contributed by atoms with Crippen molar-refractivity contribution in [3.8, 4) is 11.1 Å². The van der Waals surface area contributed by atoms with Gasteiger partial charge < -0.3 is 11.1 Å². The summed E-state index contributed by atoms with van der Waals surface area (Å²) < 4.78 is 0. The molecule has 0 spiro atoms. The van der Waals surface area contributed by atoms with Gasteiger partial charge >= 0.3 is 0 Å². The molecule has 0 unspecified atom stereocenters. The summed E-state index contributed by atoms with van der Waals surface area (Å²) in [5.41, 5.74) is 11.1. The number of hydrogen-bond donors (Lipinski definition) is 2. The van der Waals surface area contributed by atoms with Crippen LogP contribution in [-0.4, -0.2) is 0 Å². The lowest BCUT2D eigenvalue weighted by Gasteiger charge is -2.09. The molecular formula is C18H16N2. The fourth-order valence-electron chi connectivity index (χ4n) is 2.18. The van der Waals surface area contributed by atoms with Gasteiger partial charge in [-0.15, -0.1) is 0 Å². The van der Waals surface area contributed by atoms with Gasteiger partial charge in [-0.2, -0.15) is 0 Å². The molecule has 0 aliphatic rings. The summed E-state index contributed by atoms with van der Waals surface area (Å²) in [4.78, 5) is 0. The van der Waals surface area contributed by atoms with Crippen LogP contribution in [0.5, 0.6) is 0 Å². The van der Waals surface area contributed by atoms with Crippen LogP contribution in [0.1, 0.15) is 0 Å². The summed E-state index contributed by atoms with van der Waals surface area (Å²) in [7, 11) is 0. The second-order valence-electron chi connectivity index (χ2n) is 4.66. The van der Waals surface area contributed by atoms with Gasteiger partial charge in [0.15, 0.2) is 0 Å². The second-order valence-corrected chi connectivity index (χ2v) is 4.66. The lowest BCUT2D eigenvalue weighted by molar-refractivity contribution is 1.54. The van der Waals surface area contributed by atoms with Crippen molar-refractivity contribution in [3.63, 3.8) is 0 Å². The number of nitrogen functional groups attached to an aromatic ring is 1. The van der Waals surface area contributed by atoms with E-state index in [-0.39, 0.29) is 0 Å². The highest BCUT2D eigenvalue weighted by Gasteiger charge is 2.01. The highest BCUT2D eigenvalue weighted by molar-refractivity contribution is 5.77. The molecule has 0 saturated carbocycles. The minimum atomic E-state index is 0.802. The SMILES string of the molecule is Nc1ccccc1-c1ccc(Nc2ccccc2)cc1. The molecule has 20 heavy (non-hydrogen) atoms. The number of para-hydroxylation sites is 2. The minimum absolute atomic E-state index is 0.802. The molecular weight excluding hydrogens is 244 g/mol. The maximum absolute atomic E-state index is 6.00. The van der Waals surface area contributed by atoms with Crippen molar-refractivity contribution in [1.29, 1.82) is 0 Å². The van der Waals surface area contributed by atoms with Gasteiger partial charge in [0.25, 0.3) is 0 Å². The van der Waals surface area contributed by atoms with E-state index < -0.39 is 0 Å². The summed E-state index contributed by atoms with van der Waals surface area (Å²) in [6.07, 6.45) is 0. The molecule has 2 nitrogen and oxygen atoms in total. The van der Waals surface area contributed by atoms with E-state index >= 15 is 0 Å². The molecule has 3 N–H and O–H groups in total. The summed E-state index contributed by atoms with van der Waals surface area (Å²) in [5.74, 6) is 0. The van der Waals surface area contributed by atoms with Gasteiger partial charge in [0.1, 0.15) is 0 Å². The van der Waals surface area contributed by atoms with E-state index in [0.717, 1.165) is 28.2 Å². The minimum Gasteiger partial charge on any atom is -0.398 e. The highest BCUT2D eigenvalue weighted by Crippen LogP contribution is 2.27. The molecule has 0 atom stereocenters. The first kappa shape index (κ1) is 12.3. The summed E-state index contributed by atoms with van der Waals surface area (Å²) in [6.45, 7) is 0. The van der Waals surface area contributed by atoms with Gasteiger partial charge in [0.2, 0.25) is 0 Å².